The van der Waals surface area contributed by atoms with Crippen LogP contribution in [-0.2, 0) is 6.42 Å². The molecule has 0 unspecified atom stereocenters. The van der Waals surface area contributed by atoms with E-state index in [4.69, 9.17) is 0 Å². The highest BCUT2D eigenvalue weighted by molar-refractivity contribution is 5.38. The van der Waals surface area contributed by atoms with Crippen molar-refractivity contribution in [1.29, 1.82) is 0 Å². The molecule has 13 heavy (non-hydrogen) atoms. The lowest BCUT2D eigenvalue weighted by Crippen LogP contribution is -1.89. The van der Waals surface area contributed by atoms with Crippen molar-refractivity contribution < 1.29 is 5.11 Å². The zero-order chi connectivity index (χ0) is 9.84. The van der Waals surface area contributed by atoms with Gasteiger partial charge in [-0.3, -0.25) is 0 Å². The highest BCUT2D eigenvalue weighted by Gasteiger charge is 2.05. The largest absolute Gasteiger partial charge is 0.508 e. The van der Waals surface area contributed by atoms with Gasteiger partial charge in [0.2, 0.25) is 0 Å². The Morgan fingerprint density at radius 2 is 2.15 bits per heavy atom. The van der Waals surface area contributed by atoms with Gasteiger partial charge < -0.3 is 5.11 Å². The molecule has 0 amide bonds. The Kier molecular flexibility index (Phi) is 3.13. The summed E-state index contributed by atoms with van der Waals surface area (Å²) in [5, 5.41) is 9.65. The molecule has 0 saturated carbocycles. The van der Waals surface area contributed by atoms with Gasteiger partial charge in [0.15, 0.2) is 0 Å². The number of benzene rings is 1. The molecule has 1 N–H and O–H groups in total. The lowest BCUT2D eigenvalue weighted by molar-refractivity contribution is 0.464. The molecular weight excluding hydrogens is 160 g/mol. The van der Waals surface area contributed by atoms with Crippen molar-refractivity contribution in [2.45, 2.75) is 26.2 Å². The first-order valence-corrected chi connectivity index (χ1v) is 4.58. The Morgan fingerprint density at radius 3 is 2.62 bits per heavy atom. The Morgan fingerprint density at radius 1 is 1.46 bits per heavy atom. The number of phenols is 1. The second-order valence-corrected chi connectivity index (χ2v) is 3.54. The fourth-order valence-electron chi connectivity index (χ4n) is 1.37. The predicted octanol–water partition coefficient (Wildman–Crippen LogP) is 3.24. The first-order chi connectivity index (χ1) is 6.15. The first-order valence-electron chi connectivity index (χ1n) is 4.58. The molecule has 0 heterocycles. The van der Waals surface area contributed by atoms with Gasteiger partial charge in [-0.15, -0.1) is 6.58 Å². The van der Waals surface area contributed by atoms with E-state index in [1.54, 1.807) is 0 Å². The van der Waals surface area contributed by atoms with Gasteiger partial charge in [0, 0.05) is 0 Å². The van der Waals surface area contributed by atoms with Crippen LogP contribution < -0.4 is 0 Å². The van der Waals surface area contributed by atoms with Crippen LogP contribution in [0, 0.1) is 0 Å². The Hall–Kier alpha value is -1.24. The SMILES string of the molecule is C=CCc1ccc(C(C)C)c(O)c1. The first kappa shape index (κ1) is 9.85. The number of hydrogen-bond donors (Lipinski definition) is 1. The van der Waals surface area contributed by atoms with E-state index >= 15 is 0 Å². The van der Waals surface area contributed by atoms with E-state index in [9.17, 15) is 5.11 Å². The molecule has 0 aliphatic carbocycles. The molecule has 0 aliphatic heterocycles. The van der Waals surface area contributed by atoms with Crippen LogP contribution in [0.5, 0.6) is 5.75 Å². The summed E-state index contributed by atoms with van der Waals surface area (Å²) in [6.07, 6.45) is 2.65. The number of rotatable bonds is 3. The minimum absolute atomic E-state index is 0.373. The van der Waals surface area contributed by atoms with E-state index in [1.807, 2.05) is 24.3 Å². The molecule has 0 spiro atoms. The third kappa shape index (κ3) is 2.35. The molecule has 0 fully saturated rings. The molecular formula is C12H16O. The van der Waals surface area contributed by atoms with Crippen LogP contribution in [0.1, 0.15) is 30.9 Å². The highest BCUT2D eigenvalue weighted by Crippen LogP contribution is 2.26. The molecule has 0 radical (unpaired) electrons. The van der Waals surface area contributed by atoms with Gasteiger partial charge in [0.25, 0.3) is 0 Å². The average molecular weight is 176 g/mol. The second kappa shape index (κ2) is 4.13. The lowest BCUT2D eigenvalue weighted by Gasteiger charge is -2.08. The maximum atomic E-state index is 9.65. The number of allylic oxidation sites excluding steroid dienone is 1. The quantitative estimate of drug-likeness (QED) is 0.701. The minimum Gasteiger partial charge on any atom is -0.508 e. The molecule has 0 aromatic heterocycles. The van der Waals surface area contributed by atoms with Gasteiger partial charge in [-0.05, 0) is 29.5 Å². The van der Waals surface area contributed by atoms with E-state index in [1.165, 1.54) is 0 Å². The smallest absolute Gasteiger partial charge is 0.119 e. The third-order valence-electron chi connectivity index (χ3n) is 2.10. The topological polar surface area (TPSA) is 20.2 Å². The standard InChI is InChI=1S/C12H16O/c1-4-5-10-6-7-11(9(2)3)12(13)8-10/h4,6-9,13H,1,5H2,2-3H3. The molecule has 1 aromatic rings. The number of aromatic hydroxyl groups is 1. The van der Waals surface area contributed by atoms with Gasteiger partial charge in [-0.1, -0.05) is 32.1 Å². The molecule has 0 bridgehead atoms. The van der Waals surface area contributed by atoms with Crippen molar-refractivity contribution in [2.24, 2.45) is 0 Å². The van der Waals surface area contributed by atoms with Gasteiger partial charge in [0.1, 0.15) is 5.75 Å². The van der Waals surface area contributed by atoms with E-state index in [-0.39, 0.29) is 0 Å². The summed E-state index contributed by atoms with van der Waals surface area (Å²) < 4.78 is 0. The third-order valence-corrected chi connectivity index (χ3v) is 2.10. The summed E-state index contributed by atoms with van der Waals surface area (Å²) in [5.41, 5.74) is 2.12. The van der Waals surface area contributed by atoms with Crippen LogP contribution in [0.4, 0.5) is 0 Å². The Labute approximate surface area is 79.7 Å². The minimum atomic E-state index is 0.373. The fourth-order valence-corrected chi connectivity index (χ4v) is 1.37. The molecule has 70 valence electrons. The van der Waals surface area contributed by atoms with Gasteiger partial charge in [-0.2, -0.15) is 0 Å². The normalized spacial score (nSPS) is 10.4. The van der Waals surface area contributed by atoms with Gasteiger partial charge in [0.05, 0.1) is 0 Å². The fraction of sp³-hybridized carbons (Fsp3) is 0.333. The van der Waals surface area contributed by atoms with Gasteiger partial charge >= 0.3 is 0 Å². The number of hydrogen-bond acceptors (Lipinski definition) is 1. The summed E-state index contributed by atoms with van der Waals surface area (Å²) in [6.45, 7) is 7.80. The maximum Gasteiger partial charge on any atom is 0.119 e. The highest BCUT2D eigenvalue weighted by atomic mass is 16.3. The van der Waals surface area contributed by atoms with Crippen molar-refractivity contribution in [3.05, 3.63) is 42.0 Å². The molecule has 1 aromatic carbocycles. The van der Waals surface area contributed by atoms with Crippen LogP contribution in [-0.4, -0.2) is 5.11 Å². The van der Waals surface area contributed by atoms with Crippen molar-refractivity contribution in [1.82, 2.24) is 0 Å². The monoisotopic (exact) mass is 176 g/mol. The van der Waals surface area contributed by atoms with Crippen LogP contribution in [0.3, 0.4) is 0 Å². The molecule has 1 nitrogen and oxygen atoms in total. The predicted molar refractivity (Wildman–Crippen MR) is 56.1 cm³/mol. The summed E-state index contributed by atoms with van der Waals surface area (Å²) >= 11 is 0. The average Bonchev–Trinajstić information content (AvgIpc) is 2.04. The Balaban J connectivity index is 2.98. The van der Waals surface area contributed by atoms with Crippen molar-refractivity contribution in [2.75, 3.05) is 0 Å². The van der Waals surface area contributed by atoms with Crippen molar-refractivity contribution in [3.63, 3.8) is 0 Å². The van der Waals surface area contributed by atoms with Crippen LogP contribution >= 0.6 is 0 Å². The van der Waals surface area contributed by atoms with Crippen molar-refractivity contribution in [3.8, 4) is 5.75 Å². The zero-order valence-corrected chi connectivity index (χ0v) is 8.25. The molecule has 0 atom stereocenters. The van der Waals surface area contributed by atoms with Crippen LogP contribution in [0.15, 0.2) is 30.9 Å². The van der Waals surface area contributed by atoms with E-state index < -0.39 is 0 Å². The maximum absolute atomic E-state index is 9.65. The number of phenolic OH excluding ortho intramolecular Hbond substituents is 1. The summed E-state index contributed by atoms with van der Waals surface area (Å²) in [7, 11) is 0. The summed E-state index contributed by atoms with van der Waals surface area (Å²) in [5.74, 6) is 0.770. The van der Waals surface area contributed by atoms with Gasteiger partial charge in [-0.25, -0.2) is 0 Å². The van der Waals surface area contributed by atoms with Crippen molar-refractivity contribution >= 4 is 0 Å². The molecule has 0 saturated heterocycles. The second-order valence-electron chi connectivity index (χ2n) is 3.54. The lowest BCUT2D eigenvalue weighted by atomic mass is 9.99. The molecule has 1 heteroatoms. The van der Waals surface area contributed by atoms with E-state index in [0.29, 0.717) is 11.7 Å². The Bertz CT molecular complexity index is 300. The zero-order valence-electron chi connectivity index (χ0n) is 8.25. The van der Waals surface area contributed by atoms with Crippen LogP contribution in [0.25, 0.3) is 0 Å². The molecule has 0 aliphatic rings. The summed E-state index contributed by atoms with van der Waals surface area (Å²) in [6, 6.07) is 5.84. The van der Waals surface area contributed by atoms with Crippen LogP contribution in [0.2, 0.25) is 0 Å². The van der Waals surface area contributed by atoms with E-state index in [2.05, 4.69) is 20.4 Å². The molecule has 1 rings (SSSR count). The van der Waals surface area contributed by atoms with E-state index in [0.717, 1.165) is 17.5 Å². The summed E-state index contributed by atoms with van der Waals surface area (Å²) in [4.78, 5) is 0.